The quantitative estimate of drug-likeness (QED) is 0.861. The first-order valence-electron chi connectivity index (χ1n) is 6.49. The lowest BCUT2D eigenvalue weighted by Gasteiger charge is -2.25. The van der Waals surface area contributed by atoms with Crippen LogP contribution in [0.1, 0.15) is 33.3 Å². The lowest BCUT2D eigenvalue weighted by molar-refractivity contribution is 0.304. The number of nitrogens with two attached hydrogens (primary N) is 1. The molecule has 1 aromatic rings. The Kier molecular flexibility index (Phi) is 5.45. The van der Waals surface area contributed by atoms with E-state index in [1.165, 1.54) is 0 Å². The first kappa shape index (κ1) is 15.3. The van der Waals surface area contributed by atoms with Crippen molar-refractivity contribution in [2.45, 2.75) is 34.6 Å². The summed E-state index contributed by atoms with van der Waals surface area (Å²) in [4.78, 5) is 4.35. The fraction of sp³-hybridized carbons (Fsp3) is 0.643. The van der Waals surface area contributed by atoms with E-state index in [0.717, 1.165) is 28.1 Å². The number of nitrogens with one attached hydrogen (secondary N) is 1. The molecule has 0 aliphatic heterocycles. The molecular weight excluding hydrogens is 290 g/mol. The average Bonchev–Trinajstić information content (AvgIpc) is 2.28. The third-order valence-corrected chi connectivity index (χ3v) is 4.49. The molecule has 4 heteroatoms. The van der Waals surface area contributed by atoms with Gasteiger partial charge in [0.25, 0.3) is 0 Å². The van der Waals surface area contributed by atoms with Crippen LogP contribution in [0.3, 0.4) is 0 Å². The van der Waals surface area contributed by atoms with E-state index >= 15 is 0 Å². The second kappa shape index (κ2) is 6.41. The Morgan fingerprint density at radius 3 is 2.33 bits per heavy atom. The molecule has 0 amide bonds. The van der Waals surface area contributed by atoms with Crippen molar-refractivity contribution >= 4 is 27.4 Å². The smallest absolute Gasteiger partial charge is 0.140 e. The standard InChI is InChI=1S/C14H24BrN3/c1-8(2)11(9(3)4)6-17-14-13(15)10(5)12(16)7-18-14/h7-9,11H,6,16H2,1-5H3,(H,17,18). The Morgan fingerprint density at radius 1 is 1.28 bits per heavy atom. The van der Waals surface area contributed by atoms with Gasteiger partial charge in [-0.1, -0.05) is 27.7 Å². The Hall–Kier alpha value is -0.770. The normalized spacial score (nSPS) is 11.6. The Bertz CT molecular complexity index is 394. The summed E-state index contributed by atoms with van der Waals surface area (Å²) in [6, 6.07) is 0. The number of pyridine rings is 1. The summed E-state index contributed by atoms with van der Waals surface area (Å²) >= 11 is 3.55. The van der Waals surface area contributed by atoms with E-state index in [0.29, 0.717) is 17.8 Å². The van der Waals surface area contributed by atoms with Crippen molar-refractivity contribution < 1.29 is 0 Å². The molecule has 0 unspecified atom stereocenters. The van der Waals surface area contributed by atoms with Crippen LogP contribution in [0.4, 0.5) is 11.5 Å². The van der Waals surface area contributed by atoms with Crippen LogP contribution in [0, 0.1) is 24.7 Å². The van der Waals surface area contributed by atoms with E-state index < -0.39 is 0 Å². The summed E-state index contributed by atoms with van der Waals surface area (Å²) in [7, 11) is 0. The SMILES string of the molecule is Cc1c(N)cnc(NCC(C(C)C)C(C)C)c1Br. The molecule has 3 N–H and O–H groups in total. The molecular formula is C14H24BrN3. The number of rotatable bonds is 5. The Labute approximate surface area is 119 Å². The summed E-state index contributed by atoms with van der Waals surface area (Å²) in [5.74, 6) is 2.84. The van der Waals surface area contributed by atoms with Crippen molar-refractivity contribution in [1.29, 1.82) is 0 Å². The molecule has 102 valence electrons. The molecule has 0 aliphatic carbocycles. The van der Waals surface area contributed by atoms with Gasteiger partial charge in [-0.25, -0.2) is 4.98 Å². The van der Waals surface area contributed by atoms with Crippen LogP contribution >= 0.6 is 15.9 Å². The predicted octanol–water partition coefficient (Wildman–Crippen LogP) is 4.07. The fourth-order valence-corrected chi connectivity index (χ4v) is 2.64. The summed E-state index contributed by atoms with van der Waals surface area (Å²) < 4.78 is 0.966. The van der Waals surface area contributed by atoms with Gasteiger partial charge in [-0.05, 0) is 46.2 Å². The number of hydrogen-bond acceptors (Lipinski definition) is 3. The van der Waals surface area contributed by atoms with Gasteiger partial charge in [0, 0.05) is 6.54 Å². The predicted molar refractivity (Wildman–Crippen MR) is 82.7 cm³/mol. The summed E-state index contributed by atoms with van der Waals surface area (Å²) in [5, 5.41) is 3.43. The Balaban J connectivity index is 2.77. The molecule has 0 saturated carbocycles. The molecule has 0 bridgehead atoms. The summed E-state index contributed by atoms with van der Waals surface area (Å²) in [6.07, 6.45) is 1.71. The third kappa shape index (κ3) is 3.61. The second-order valence-corrected chi connectivity index (χ2v) is 6.33. The third-order valence-electron chi connectivity index (χ3n) is 3.52. The minimum Gasteiger partial charge on any atom is -0.397 e. The summed E-state index contributed by atoms with van der Waals surface area (Å²) in [5.41, 5.74) is 7.58. The number of aromatic nitrogens is 1. The van der Waals surface area contributed by atoms with Gasteiger partial charge in [-0.3, -0.25) is 0 Å². The van der Waals surface area contributed by atoms with Crippen molar-refractivity contribution in [2.24, 2.45) is 17.8 Å². The lowest BCUT2D eigenvalue weighted by Crippen LogP contribution is -2.25. The molecule has 18 heavy (non-hydrogen) atoms. The lowest BCUT2D eigenvalue weighted by atomic mass is 9.85. The van der Waals surface area contributed by atoms with Crippen molar-refractivity contribution in [2.75, 3.05) is 17.6 Å². The molecule has 0 spiro atoms. The highest BCUT2D eigenvalue weighted by Gasteiger charge is 2.18. The van der Waals surface area contributed by atoms with E-state index in [9.17, 15) is 0 Å². The minimum absolute atomic E-state index is 0.636. The van der Waals surface area contributed by atoms with Crippen LogP contribution in [0.15, 0.2) is 10.7 Å². The monoisotopic (exact) mass is 313 g/mol. The van der Waals surface area contributed by atoms with E-state index in [2.05, 4.69) is 53.9 Å². The average molecular weight is 314 g/mol. The first-order valence-corrected chi connectivity index (χ1v) is 7.28. The van der Waals surface area contributed by atoms with Gasteiger partial charge in [0.2, 0.25) is 0 Å². The van der Waals surface area contributed by atoms with E-state index in [1.807, 2.05) is 6.92 Å². The molecule has 0 fully saturated rings. The number of hydrogen-bond donors (Lipinski definition) is 2. The van der Waals surface area contributed by atoms with Gasteiger partial charge in [-0.15, -0.1) is 0 Å². The van der Waals surface area contributed by atoms with Crippen molar-refractivity contribution in [1.82, 2.24) is 4.98 Å². The maximum atomic E-state index is 5.82. The molecule has 0 aromatic carbocycles. The highest BCUT2D eigenvalue weighted by Crippen LogP contribution is 2.29. The maximum absolute atomic E-state index is 5.82. The zero-order chi connectivity index (χ0) is 13.9. The zero-order valence-electron chi connectivity index (χ0n) is 11.9. The topological polar surface area (TPSA) is 50.9 Å². The van der Waals surface area contributed by atoms with Gasteiger partial charge < -0.3 is 11.1 Å². The van der Waals surface area contributed by atoms with E-state index in [1.54, 1.807) is 6.20 Å². The molecule has 0 aliphatic rings. The minimum atomic E-state index is 0.636. The maximum Gasteiger partial charge on any atom is 0.140 e. The highest BCUT2D eigenvalue weighted by molar-refractivity contribution is 9.10. The molecule has 0 saturated heterocycles. The van der Waals surface area contributed by atoms with Crippen molar-refractivity contribution in [3.05, 3.63) is 16.2 Å². The van der Waals surface area contributed by atoms with Gasteiger partial charge >= 0.3 is 0 Å². The number of nitrogens with zero attached hydrogens (tertiary/aromatic N) is 1. The van der Waals surface area contributed by atoms with E-state index in [4.69, 9.17) is 5.73 Å². The van der Waals surface area contributed by atoms with Crippen LogP contribution in [0.2, 0.25) is 0 Å². The molecule has 0 atom stereocenters. The molecule has 0 radical (unpaired) electrons. The second-order valence-electron chi connectivity index (χ2n) is 5.53. The van der Waals surface area contributed by atoms with E-state index in [-0.39, 0.29) is 0 Å². The largest absolute Gasteiger partial charge is 0.397 e. The highest BCUT2D eigenvalue weighted by atomic mass is 79.9. The summed E-state index contributed by atoms with van der Waals surface area (Å²) in [6.45, 7) is 12.0. The molecule has 1 heterocycles. The van der Waals surface area contributed by atoms with Gasteiger partial charge in [0.05, 0.1) is 16.4 Å². The number of anilines is 2. The molecule has 3 nitrogen and oxygen atoms in total. The number of halogens is 1. The van der Waals surface area contributed by atoms with Gasteiger partial charge in [0.15, 0.2) is 0 Å². The van der Waals surface area contributed by atoms with Crippen molar-refractivity contribution in [3.8, 4) is 0 Å². The van der Waals surface area contributed by atoms with Crippen LogP contribution < -0.4 is 11.1 Å². The first-order chi connectivity index (χ1) is 8.34. The van der Waals surface area contributed by atoms with Gasteiger partial charge in [0.1, 0.15) is 5.82 Å². The Morgan fingerprint density at radius 2 is 1.83 bits per heavy atom. The zero-order valence-corrected chi connectivity index (χ0v) is 13.5. The van der Waals surface area contributed by atoms with Crippen LogP contribution in [-0.4, -0.2) is 11.5 Å². The molecule has 1 aromatic heterocycles. The molecule has 1 rings (SSSR count). The van der Waals surface area contributed by atoms with Crippen LogP contribution in [0.5, 0.6) is 0 Å². The van der Waals surface area contributed by atoms with Gasteiger partial charge in [-0.2, -0.15) is 0 Å². The van der Waals surface area contributed by atoms with Crippen molar-refractivity contribution in [3.63, 3.8) is 0 Å². The van der Waals surface area contributed by atoms with Crippen LogP contribution in [0.25, 0.3) is 0 Å². The van der Waals surface area contributed by atoms with Crippen LogP contribution in [-0.2, 0) is 0 Å². The number of nitrogen functional groups attached to an aromatic ring is 1. The fourth-order valence-electron chi connectivity index (χ4n) is 2.17.